The number of sulfone groups is 1. The zero-order chi connectivity index (χ0) is 15.9. The summed E-state index contributed by atoms with van der Waals surface area (Å²) in [5.74, 6) is 0.363. The molecule has 22 heavy (non-hydrogen) atoms. The monoisotopic (exact) mass is 350 g/mol. The first-order valence-electron chi connectivity index (χ1n) is 6.72. The summed E-state index contributed by atoms with van der Waals surface area (Å²) < 4.78 is 27.4. The second kappa shape index (κ2) is 9.66. The Labute approximate surface area is 137 Å². The average molecular weight is 351 g/mol. The van der Waals surface area contributed by atoms with Gasteiger partial charge in [-0.3, -0.25) is 4.79 Å². The summed E-state index contributed by atoms with van der Waals surface area (Å²) in [6.45, 7) is 1.93. The molecule has 0 spiro atoms. The van der Waals surface area contributed by atoms with Gasteiger partial charge in [0.25, 0.3) is 0 Å². The number of nitrogens with two attached hydrogens (primary N) is 1. The quantitative estimate of drug-likeness (QED) is 0.742. The standard InChI is InChI=1S/C14H22N2O4S.ClH/c1-11(15)6-7-14(17)16-12-4-3-5-13(10-12)20-8-9-21(2,18)19;/h3-5,10-11H,6-9,15H2,1-2H3,(H,16,17);1H. The minimum Gasteiger partial charge on any atom is -0.492 e. The van der Waals surface area contributed by atoms with Crippen LogP contribution in [0.15, 0.2) is 24.3 Å². The molecule has 0 bridgehead atoms. The third kappa shape index (κ3) is 9.59. The maximum Gasteiger partial charge on any atom is 0.224 e. The van der Waals surface area contributed by atoms with Crippen molar-refractivity contribution in [2.45, 2.75) is 25.8 Å². The highest BCUT2D eigenvalue weighted by Gasteiger charge is 2.06. The summed E-state index contributed by atoms with van der Waals surface area (Å²) in [5.41, 5.74) is 6.21. The van der Waals surface area contributed by atoms with E-state index in [1.165, 1.54) is 0 Å². The van der Waals surface area contributed by atoms with Crippen molar-refractivity contribution < 1.29 is 17.9 Å². The molecule has 0 radical (unpaired) electrons. The molecule has 126 valence electrons. The van der Waals surface area contributed by atoms with Crippen LogP contribution >= 0.6 is 12.4 Å². The smallest absolute Gasteiger partial charge is 0.224 e. The number of nitrogens with one attached hydrogen (secondary N) is 1. The molecular formula is C14H23ClN2O4S. The lowest BCUT2D eigenvalue weighted by Gasteiger charge is -2.09. The molecule has 3 N–H and O–H groups in total. The van der Waals surface area contributed by atoms with E-state index in [0.717, 1.165) is 6.26 Å². The van der Waals surface area contributed by atoms with Crippen LogP contribution in [0.5, 0.6) is 5.75 Å². The number of carbonyl (C=O) groups excluding carboxylic acids is 1. The topological polar surface area (TPSA) is 98.5 Å². The molecule has 8 heteroatoms. The first-order chi connectivity index (χ1) is 9.76. The Hall–Kier alpha value is -1.31. The van der Waals surface area contributed by atoms with Crippen LogP contribution in [0.4, 0.5) is 5.69 Å². The van der Waals surface area contributed by atoms with Crippen molar-refractivity contribution in [2.24, 2.45) is 5.73 Å². The van der Waals surface area contributed by atoms with Crippen LogP contribution in [-0.2, 0) is 14.6 Å². The number of anilines is 1. The lowest BCUT2D eigenvalue weighted by atomic mass is 10.2. The lowest BCUT2D eigenvalue weighted by molar-refractivity contribution is -0.116. The molecule has 0 saturated heterocycles. The maximum absolute atomic E-state index is 11.7. The predicted octanol–water partition coefficient (Wildman–Crippen LogP) is 1.60. The van der Waals surface area contributed by atoms with Gasteiger partial charge in [0.1, 0.15) is 12.4 Å². The molecule has 1 rings (SSSR count). The number of hydrogen-bond donors (Lipinski definition) is 2. The molecule has 0 aliphatic carbocycles. The van der Waals surface area contributed by atoms with Gasteiger partial charge in [-0.1, -0.05) is 6.07 Å². The molecule has 1 atom stereocenters. The van der Waals surface area contributed by atoms with Crippen LogP contribution in [0.2, 0.25) is 0 Å². The van der Waals surface area contributed by atoms with Crippen molar-refractivity contribution in [1.82, 2.24) is 0 Å². The minimum atomic E-state index is -3.05. The van der Waals surface area contributed by atoms with E-state index in [0.29, 0.717) is 24.3 Å². The highest BCUT2D eigenvalue weighted by molar-refractivity contribution is 7.90. The number of rotatable bonds is 8. The molecule has 0 saturated carbocycles. The van der Waals surface area contributed by atoms with Gasteiger partial charge in [0, 0.05) is 30.5 Å². The van der Waals surface area contributed by atoms with Gasteiger partial charge < -0.3 is 15.8 Å². The summed E-state index contributed by atoms with van der Waals surface area (Å²) in [4.78, 5) is 11.7. The summed E-state index contributed by atoms with van der Waals surface area (Å²) in [6, 6.07) is 6.83. The molecule has 1 aromatic rings. The van der Waals surface area contributed by atoms with E-state index in [2.05, 4.69) is 5.32 Å². The first kappa shape index (κ1) is 20.7. The average Bonchev–Trinajstić information content (AvgIpc) is 2.35. The van der Waals surface area contributed by atoms with Gasteiger partial charge in [0.2, 0.25) is 5.91 Å². The zero-order valence-corrected chi connectivity index (χ0v) is 14.4. The van der Waals surface area contributed by atoms with Crippen molar-refractivity contribution in [1.29, 1.82) is 0 Å². The molecule has 0 aliphatic rings. The SMILES string of the molecule is CC(N)CCC(=O)Nc1cccc(OCCS(C)(=O)=O)c1.Cl. The third-order valence-electron chi connectivity index (χ3n) is 2.67. The Kier molecular flexibility index (Phi) is 9.08. The van der Waals surface area contributed by atoms with E-state index in [4.69, 9.17) is 10.5 Å². The first-order valence-corrected chi connectivity index (χ1v) is 8.78. The second-order valence-electron chi connectivity index (χ2n) is 5.07. The van der Waals surface area contributed by atoms with Crippen LogP contribution in [0.3, 0.4) is 0 Å². The third-order valence-corrected chi connectivity index (χ3v) is 3.58. The summed E-state index contributed by atoms with van der Waals surface area (Å²) in [6.07, 6.45) is 2.14. The van der Waals surface area contributed by atoms with Crippen LogP contribution in [0.25, 0.3) is 0 Å². The van der Waals surface area contributed by atoms with Gasteiger partial charge in [0.05, 0.1) is 5.75 Å². The van der Waals surface area contributed by atoms with Crippen molar-refractivity contribution in [2.75, 3.05) is 23.9 Å². The largest absolute Gasteiger partial charge is 0.492 e. The molecule has 6 nitrogen and oxygen atoms in total. The molecule has 1 amide bonds. The number of ether oxygens (including phenoxy) is 1. The molecule has 1 aromatic carbocycles. The number of carbonyl (C=O) groups is 1. The Bertz CT molecular complexity index is 576. The molecule has 0 fully saturated rings. The molecule has 0 aliphatic heterocycles. The van der Waals surface area contributed by atoms with Gasteiger partial charge in [0.15, 0.2) is 9.84 Å². The molecule has 0 heterocycles. The Balaban J connectivity index is 0.00000441. The maximum atomic E-state index is 11.7. The van der Waals surface area contributed by atoms with Crippen molar-refractivity contribution in [3.8, 4) is 5.75 Å². The van der Waals surface area contributed by atoms with Gasteiger partial charge in [-0.25, -0.2) is 8.42 Å². The van der Waals surface area contributed by atoms with Crippen molar-refractivity contribution in [3.63, 3.8) is 0 Å². The van der Waals surface area contributed by atoms with E-state index in [1.807, 2.05) is 6.92 Å². The normalized spacial score (nSPS) is 12.1. The van der Waals surface area contributed by atoms with Gasteiger partial charge in [-0.05, 0) is 25.5 Å². The van der Waals surface area contributed by atoms with Gasteiger partial charge in [-0.15, -0.1) is 12.4 Å². The van der Waals surface area contributed by atoms with E-state index < -0.39 is 9.84 Å². The van der Waals surface area contributed by atoms with E-state index >= 15 is 0 Å². The van der Waals surface area contributed by atoms with Gasteiger partial charge in [-0.2, -0.15) is 0 Å². The highest BCUT2D eigenvalue weighted by Crippen LogP contribution is 2.17. The van der Waals surface area contributed by atoms with E-state index in [9.17, 15) is 13.2 Å². The molecule has 0 aromatic heterocycles. The molecule has 1 unspecified atom stereocenters. The highest BCUT2D eigenvalue weighted by atomic mass is 35.5. The van der Waals surface area contributed by atoms with E-state index in [-0.39, 0.29) is 36.7 Å². The number of halogens is 1. The minimum absolute atomic E-state index is 0. The Morgan fingerprint density at radius 1 is 1.41 bits per heavy atom. The van der Waals surface area contributed by atoms with Gasteiger partial charge >= 0.3 is 0 Å². The Morgan fingerprint density at radius 3 is 2.68 bits per heavy atom. The summed E-state index contributed by atoms with van der Waals surface area (Å²) >= 11 is 0. The van der Waals surface area contributed by atoms with Crippen LogP contribution in [-0.4, -0.2) is 39.0 Å². The number of benzene rings is 1. The number of amides is 1. The summed E-state index contributed by atoms with van der Waals surface area (Å²) in [7, 11) is -3.05. The van der Waals surface area contributed by atoms with E-state index in [1.54, 1.807) is 24.3 Å². The fourth-order valence-electron chi connectivity index (χ4n) is 1.56. The van der Waals surface area contributed by atoms with Crippen LogP contribution in [0.1, 0.15) is 19.8 Å². The second-order valence-corrected chi connectivity index (χ2v) is 7.33. The summed E-state index contributed by atoms with van der Waals surface area (Å²) in [5, 5.41) is 2.75. The number of hydrogen-bond acceptors (Lipinski definition) is 5. The Morgan fingerprint density at radius 2 is 2.09 bits per heavy atom. The fourth-order valence-corrected chi connectivity index (χ4v) is 1.94. The zero-order valence-electron chi connectivity index (χ0n) is 12.7. The van der Waals surface area contributed by atoms with Crippen LogP contribution in [0, 0.1) is 0 Å². The van der Waals surface area contributed by atoms with Crippen molar-refractivity contribution in [3.05, 3.63) is 24.3 Å². The molecular weight excluding hydrogens is 328 g/mol. The predicted molar refractivity (Wildman–Crippen MR) is 90.4 cm³/mol. The van der Waals surface area contributed by atoms with Crippen LogP contribution < -0.4 is 15.8 Å². The van der Waals surface area contributed by atoms with Crippen molar-refractivity contribution >= 4 is 33.8 Å². The fraction of sp³-hybridized carbons (Fsp3) is 0.500. The lowest BCUT2D eigenvalue weighted by Crippen LogP contribution is -2.19.